The van der Waals surface area contributed by atoms with E-state index in [2.05, 4.69) is 0 Å². The van der Waals surface area contributed by atoms with Gasteiger partial charge in [-0.1, -0.05) is 0 Å². The SMILES string of the molecule is Cc1c(CCl)cc([N+](=O)[O-])cc1C(F)(F)F. The molecule has 0 aliphatic rings. The van der Waals surface area contributed by atoms with Gasteiger partial charge < -0.3 is 0 Å². The van der Waals surface area contributed by atoms with E-state index in [1.165, 1.54) is 6.92 Å². The molecule has 0 fully saturated rings. The number of nitro benzene ring substituents is 1. The lowest BCUT2D eigenvalue weighted by atomic mass is 10.0. The summed E-state index contributed by atoms with van der Waals surface area (Å²) in [5.41, 5.74) is -1.58. The highest BCUT2D eigenvalue weighted by Crippen LogP contribution is 2.36. The number of benzene rings is 1. The summed E-state index contributed by atoms with van der Waals surface area (Å²) in [5.74, 6) is -0.198. The van der Waals surface area contributed by atoms with Crippen molar-refractivity contribution in [1.29, 1.82) is 0 Å². The smallest absolute Gasteiger partial charge is 0.258 e. The summed E-state index contributed by atoms with van der Waals surface area (Å²) >= 11 is 5.44. The second-order valence-electron chi connectivity index (χ2n) is 3.17. The maximum absolute atomic E-state index is 12.5. The Morgan fingerprint density at radius 2 is 2.00 bits per heavy atom. The number of alkyl halides is 4. The van der Waals surface area contributed by atoms with E-state index in [0.717, 1.165) is 6.07 Å². The summed E-state index contributed by atoms with van der Waals surface area (Å²) in [6.45, 7) is 1.24. The van der Waals surface area contributed by atoms with Crippen LogP contribution in [0.4, 0.5) is 18.9 Å². The molecule has 0 unspecified atom stereocenters. The van der Waals surface area contributed by atoms with Crippen molar-refractivity contribution in [3.8, 4) is 0 Å². The van der Waals surface area contributed by atoms with Gasteiger partial charge in [0.05, 0.1) is 10.5 Å². The molecule has 1 aromatic rings. The van der Waals surface area contributed by atoms with E-state index in [4.69, 9.17) is 11.6 Å². The molecule has 0 spiro atoms. The number of nitrogens with zero attached hydrogens (tertiary/aromatic N) is 1. The first kappa shape index (κ1) is 12.8. The number of hydrogen-bond donors (Lipinski definition) is 0. The van der Waals surface area contributed by atoms with Gasteiger partial charge in [0.15, 0.2) is 0 Å². The largest absolute Gasteiger partial charge is 0.416 e. The van der Waals surface area contributed by atoms with Gasteiger partial charge in [-0.3, -0.25) is 10.1 Å². The number of halogens is 4. The first-order chi connectivity index (χ1) is 7.27. The van der Waals surface area contributed by atoms with Crippen molar-refractivity contribution < 1.29 is 18.1 Å². The van der Waals surface area contributed by atoms with E-state index < -0.39 is 22.4 Å². The van der Waals surface area contributed by atoms with Crippen molar-refractivity contribution in [3.05, 3.63) is 38.9 Å². The minimum Gasteiger partial charge on any atom is -0.258 e. The standard InChI is InChI=1S/C9H7ClF3NO2/c1-5-6(4-10)2-7(14(15)16)3-8(5)9(11,12)13/h2-3H,4H2,1H3. The molecule has 0 aliphatic carbocycles. The van der Waals surface area contributed by atoms with E-state index >= 15 is 0 Å². The van der Waals surface area contributed by atoms with Crippen LogP contribution in [-0.4, -0.2) is 4.92 Å². The van der Waals surface area contributed by atoms with Crippen molar-refractivity contribution in [2.45, 2.75) is 19.0 Å². The minimum atomic E-state index is -4.61. The third-order valence-corrected chi connectivity index (χ3v) is 2.45. The number of rotatable bonds is 2. The molecule has 0 heterocycles. The zero-order valence-electron chi connectivity index (χ0n) is 8.14. The fourth-order valence-electron chi connectivity index (χ4n) is 1.30. The summed E-state index contributed by atoms with van der Waals surface area (Å²) in [6.07, 6.45) is -4.61. The van der Waals surface area contributed by atoms with Crippen LogP contribution in [0.25, 0.3) is 0 Å². The van der Waals surface area contributed by atoms with Crippen molar-refractivity contribution in [2.75, 3.05) is 0 Å². The zero-order valence-corrected chi connectivity index (χ0v) is 8.89. The Hall–Kier alpha value is -1.30. The molecule has 0 N–H and O–H groups in total. The van der Waals surface area contributed by atoms with E-state index in [1.54, 1.807) is 0 Å². The van der Waals surface area contributed by atoms with Gasteiger partial charge in [-0.15, -0.1) is 11.6 Å². The van der Waals surface area contributed by atoms with E-state index in [1.807, 2.05) is 0 Å². The Morgan fingerprint density at radius 3 is 2.38 bits per heavy atom. The maximum atomic E-state index is 12.5. The molecule has 16 heavy (non-hydrogen) atoms. The zero-order chi connectivity index (χ0) is 12.5. The van der Waals surface area contributed by atoms with Crippen LogP contribution < -0.4 is 0 Å². The van der Waals surface area contributed by atoms with Gasteiger partial charge in [0.25, 0.3) is 5.69 Å². The lowest BCUT2D eigenvalue weighted by Gasteiger charge is -2.12. The normalized spacial score (nSPS) is 11.6. The molecule has 0 aromatic heterocycles. The highest BCUT2D eigenvalue weighted by molar-refractivity contribution is 6.17. The summed E-state index contributed by atoms with van der Waals surface area (Å²) in [6, 6.07) is 1.57. The van der Waals surface area contributed by atoms with Gasteiger partial charge in [-0.05, 0) is 18.1 Å². The Bertz CT molecular complexity index is 431. The lowest BCUT2D eigenvalue weighted by molar-refractivity contribution is -0.385. The minimum absolute atomic E-state index is 0.0758. The highest BCUT2D eigenvalue weighted by Gasteiger charge is 2.35. The molecule has 0 aliphatic heterocycles. The maximum Gasteiger partial charge on any atom is 0.416 e. The van der Waals surface area contributed by atoms with Crippen LogP contribution in [0.3, 0.4) is 0 Å². The van der Waals surface area contributed by atoms with Crippen LogP contribution in [0.2, 0.25) is 0 Å². The molecular formula is C9H7ClF3NO2. The molecule has 0 amide bonds. The number of nitro groups is 1. The fourth-order valence-corrected chi connectivity index (χ4v) is 1.57. The van der Waals surface area contributed by atoms with Crippen molar-refractivity contribution >= 4 is 17.3 Å². The van der Waals surface area contributed by atoms with Gasteiger partial charge in [0.2, 0.25) is 0 Å². The fraction of sp³-hybridized carbons (Fsp3) is 0.333. The van der Waals surface area contributed by atoms with Crippen LogP contribution in [0.15, 0.2) is 12.1 Å². The molecular weight excluding hydrogens is 247 g/mol. The lowest BCUT2D eigenvalue weighted by Crippen LogP contribution is -2.10. The molecule has 0 saturated heterocycles. The van der Waals surface area contributed by atoms with Crippen molar-refractivity contribution in [3.63, 3.8) is 0 Å². The molecule has 0 radical (unpaired) electrons. The average molecular weight is 254 g/mol. The third-order valence-electron chi connectivity index (χ3n) is 2.16. The predicted molar refractivity (Wildman–Crippen MR) is 52.4 cm³/mol. The summed E-state index contributed by atoms with van der Waals surface area (Å²) in [7, 11) is 0. The first-order valence-corrected chi connectivity index (χ1v) is 4.72. The molecule has 0 bridgehead atoms. The number of hydrogen-bond acceptors (Lipinski definition) is 2. The average Bonchev–Trinajstić information content (AvgIpc) is 2.15. The van der Waals surface area contributed by atoms with Gasteiger partial charge in [-0.25, -0.2) is 0 Å². The van der Waals surface area contributed by atoms with Crippen LogP contribution in [0.1, 0.15) is 16.7 Å². The second kappa shape index (κ2) is 4.29. The Kier molecular flexibility index (Phi) is 3.42. The quantitative estimate of drug-likeness (QED) is 0.459. The molecule has 0 saturated carbocycles. The van der Waals surface area contributed by atoms with Crippen molar-refractivity contribution in [2.24, 2.45) is 0 Å². The Labute approximate surface area is 94.0 Å². The van der Waals surface area contributed by atoms with E-state index in [9.17, 15) is 23.3 Å². The van der Waals surface area contributed by atoms with Gasteiger partial charge >= 0.3 is 6.18 Å². The van der Waals surface area contributed by atoms with Crippen LogP contribution in [0, 0.1) is 17.0 Å². The molecule has 0 atom stereocenters. The number of non-ortho nitro benzene ring substituents is 1. The molecule has 88 valence electrons. The van der Waals surface area contributed by atoms with Crippen LogP contribution in [0.5, 0.6) is 0 Å². The molecule has 1 aromatic carbocycles. The van der Waals surface area contributed by atoms with Crippen LogP contribution in [-0.2, 0) is 12.1 Å². The van der Waals surface area contributed by atoms with E-state index in [0.29, 0.717) is 6.07 Å². The monoisotopic (exact) mass is 253 g/mol. The molecule has 1 rings (SSSR count). The second-order valence-corrected chi connectivity index (χ2v) is 3.43. The van der Waals surface area contributed by atoms with Gasteiger partial charge in [-0.2, -0.15) is 13.2 Å². The molecule has 7 heteroatoms. The Balaban J connectivity index is 3.48. The van der Waals surface area contributed by atoms with Gasteiger partial charge in [0, 0.05) is 18.0 Å². The summed E-state index contributed by atoms with van der Waals surface area (Å²) in [5, 5.41) is 10.5. The summed E-state index contributed by atoms with van der Waals surface area (Å²) < 4.78 is 37.6. The third kappa shape index (κ3) is 2.44. The predicted octanol–water partition coefficient (Wildman–Crippen LogP) is 3.66. The van der Waals surface area contributed by atoms with Crippen molar-refractivity contribution in [1.82, 2.24) is 0 Å². The van der Waals surface area contributed by atoms with Gasteiger partial charge in [0.1, 0.15) is 0 Å². The molecule has 3 nitrogen and oxygen atoms in total. The summed E-state index contributed by atoms with van der Waals surface area (Å²) in [4.78, 5) is 9.58. The Morgan fingerprint density at radius 1 is 1.44 bits per heavy atom. The van der Waals surface area contributed by atoms with Crippen LogP contribution >= 0.6 is 11.6 Å². The highest BCUT2D eigenvalue weighted by atomic mass is 35.5. The first-order valence-electron chi connectivity index (χ1n) is 4.18. The topological polar surface area (TPSA) is 43.1 Å². The van der Waals surface area contributed by atoms with E-state index in [-0.39, 0.29) is 17.0 Å².